The zero-order chi connectivity index (χ0) is 18.0. The summed E-state index contributed by atoms with van der Waals surface area (Å²) in [4.78, 5) is 16.8. The monoisotopic (exact) mass is 357 g/mol. The van der Waals surface area contributed by atoms with Crippen LogP contribution < -0.4 is 5.32 Å². The third kappa shape index (κ3) is 3.23. The smallest absolute Gasteiger partial charge is 0.319 e. The molecule has 1 N–H and O–H groups in total. The molecule has 26 heavy (non-hydrogen) atoms. The van der Waals surface area contributed by atoms with Crippen LogP contribution in [-0.4, -0.2) is 62.3 Å². The van der Waals surface area contributed by atoms with E-state index in [9.17, 15) is 4.79 Å². The Morgan fingerprint density at radius 1 is 1.15 bits per heavy atom. The molecule has 1 atom stereocenters. The lowest BCUT2D eigenvalue weighted by atomic mass is 9.73. The van der Waals surface area contributed by atoms with Gasteiger partial charge in [0.15, 0.2) is 0 Å². The molecule has 0 bridgehead atoms. The minimum atomic E-state index is 0.225. The summed E-state index contributed by atoms with van der Waals surface area (Å²) < 4.78 is 5.20. The van der Waals surface area contributed by atoms with E-state index in [1.54, 1.807) is 7.11 Å². The molecule has 1 aliphatic carbocycles. The molecule has 3 aliphatic rings. The van der Waals surface area contributed by atoms with Crippen LogP contribution in [0.2, 0.25) is 0 Å². The van der Waals surface area contributed by atoms with Crippen LogP contribution >= 0.6 is 0 Å². The van der Waals surface area contributed by atoms with E-state index in [1.165, 1.54) is 11.1 Å². The van der Waals surface area contributed by atoms with Gasteiger partial charge in [-0.3, -0.25) is 0 Å². The number of piperidine rings is 1. The number of hydrogen-bond donors (Lipinski definition) is 1. The average molecular weight is 357 g/mol. The Hall–Kier alpha value is -1.59. The molecular formula is C21H31N3O2. The number of carbonyl (C=O) groups is 1. The second-order valence-electron chi connectivity index (χ2n) is 8.03. The first-order chi connectivity index (χ1) is 12.7. The number of urea groups is 1. The van der Waals surface area contributed by atoms with Crippen LogP contribution in [0.4, 0.5) is 4.79 Å². The lowest BCUT2D eigenvalue weighted by Crippen LogP contribution is -2.49. The number of methoxy groups -OCH3 is 1. The number of fused-ring (bicyclic) bond motifs is 2. The summed E-state index contributed by atoms with van der Waals surface area (Å²) >= 11 is 0. The van der Waals surface area contributed by atoms with Crippen molar-refractivity contribution in [3.05, 3.63) is 35.4 Å². The van der Waals surface area contributed by atoms with Gasteiger partial charge in [0.1, 0.15) is 0 Å². The minimum Gasteiger partial charge on any atom is -0.383 e. The Morgan fingerprint density at radius 3 is 2.58 bits per heavy atom. The molecule has 2 heterocycles. The van der Waals surface area contributed by atoms with E-state index in [2.05, 4.69) is 34.5 Å². The highest BCUT2D eigenvalue weighted by atomic mass is 16.5. The van der Waals surface area contributed by atoms with Crippen LogP contribution in [0.1, 0.15) is 49.3 Å². The van der Waals surface area contributed by atoms with Crippen molar-refractivity contribution in [3.63, 3.8) is 0 Å². The van der Waals surface area contributed by atoms with Crippen molar-refractivity contribution in [1.29, 1.82) is 0 Å². The topological polar surface area (TPSA) is 44.8 Å². The van der Waals surface area contributed by atoms with Gasteiger partial charge in [-0.15, -0.1) is 0 Å². The molecule has 142 valence electrons. The number of nitrogens with zero attached hydrogens (tertiary/aromatic N) is 2. The first kappa shape index (κ1) is 17.8. The molecule has 5 heteroatoms. The van der Waals surface area contributed by atoms with E-state index in [1.807, 2.05) is 4.90 Å². The van der Waals surface area contributed by atoms with Gasteiger partial charge >= 0.3 is 6.03 Å². The second kappa shape index (κ2) is 7.57. The lowest BCUT2D eigenvalue weighted by Gasteiger charge is -2.41. The van der Waals surface area contributed by atoms with Crippen molar-refractivity contribution in [2.24, 2.45) is 0 Å². The molecule has 2 saturated heterocycles. The maximum atomic E-state index is 12.7. The van der Waals surface area contributed by atoms with Crippen molar-refractivity contribution in [2.45, 2.75) is 43.6 Å². The fourth-order valence-electron chi connectivity index (χ4n) is 5.12. The van der Waals surface area contributed by atoms with Crippen molar-refractivity contribution in [2.75, 3.05) is 46.4 Å². The van der Waals surface area contributed by atoms with Crippen molar-refractivity contribution in [3.8, 4) is 0 Å². The zero-order valence-corrected chi connectivity index (χ0v) is 15.9. The number of carbonyl (C=O) groups excluding carboxylic acids is 1. The van der Waals surface area contributed by atoms with Crippen LogP contribution in [0.3, 0.4) is 0 Å². The Kier molecular flexibility index (Phi) is 5.18. The fourth-order valence-corrected chi connectivity index (χ4v) is 5.12. The fraction of sp³-hybridized carbons (Fsp3) is 0.667. The van der Waals surface area contributed by atoms with Gasteiger partial charge in [0, 0.05) is 51.3 Å². The minimum absolute atomic E-state index is 0.225. The van der Waals surface area contributed by atoms with Gasteiger partial charge < -0.3 is 19.9 Å². The summed E-state index contributed by atoms with van der Waals surface area (Å²) in [6.07, 6.45) is 5.61. The third-order valence-electron chi connectivity index (χ3n) is 6.57. The number of benzene rings is 1. The molecule has 0 saturated carbocycles. The molecule has 0 radical (unpaired) electrons. The first-order valence-electron chi connectivity index (χ1n) is 10.1. The number of nitrogens with one attached hydrogen (secondary N) is 1. The summed E-state index contributed by atoms with van der Waals surface area (Å²) in [6, 6.07) is 9.57. The second-order valence-corrected chi connectivity index (χ2v) is 8.03. The highest BCUT2D eigenvalue weighted by molar-refractivity contribution is 5.75. The van der Waals surface area contributed by atoms with Crippen LogP contribution in [0.5, 0.6) is 0 Å². The van der Waals surface area contributed by atoms with Gasteiger partial charge in [0.05, 0.1) is 6.61 Å². The normalized spacial score (nSPS) is 24.3. The maximum absolute atomic E-state index is 12.7. The van der Waals surface area contributed by atoms with Crippen molar-refractivity contribution < 1.29 is 9.53 Å². The Balaban J connectivity index is 1.45. The predicted molar refractivity (Wildman–Crippen MR) is 102 cm³/mol. The summed E-state index contributed by atoms with van der Waals surface area (Å²) in [5, 5.41) is 3.68. The van der Waals surface area contributed by atoms with Crippen molar-refractivity contribution in [1.82, 2.24) is 15.1 Å². The summed E-state index contributed by atoms with van der Waals surface area (Å²) in [5.41, 5.74) is 3.18. The first-order valence-corrected chi connectivity index (χ1v) is 10.1. The number of rotatable bonds is 4. The SMILES string of the molecule is COCCN[C@@H]1CC2(CCN(C(=O)N3CCCC3)CC2)c2ccccc21. The van der Waals surface area contributed by atoms with Crippen molar-refractivity contribution >= 4 is 6.03 Å². The molecule has 1 aromatic carbocycles. The molecule has 5 nitrogen and oxygen atoms in total. The summed E-state index contributed by atoms with van der Waals surface area (Å²) in [7, 11) is 1.75. The molecule has 2 amide bonds. The van der Waals surface area contributed by atoms with E-state index in [-0.39, 0.29) is 11.4 Å². The standard InChI is InChI=1S/C21H31N3O2/c1-26-15-10-22-19-16-21(18-7-3-2-6-17(18)19)8-13-24(14-9-21)20(25)23-11-4-5-12-23/h2-3,6-7,19,22H,4-5,8-16H2,1H3/t19-/m1/s1. The molecule has 2 fully saturated rings. The molecule has 1 spiro atoms. The van der Waals surface area contributed by atoms with Gasteiger partial charge in [-0.1, -0.05) is 24.3 Å². The Bertz CT molecular complexity index is 634. The summed E-state index contributed by atoms with van der Waals surface area (Å²) in [6.45, 7) is 5.27. The number of hydrogen-bond acceptors (Lipinski definition) is 3. The average Bonchev–Trinajstić information content (AvgIpc) is 3.31. The Morgan fingerprint density at radius 2 is 1.85 bits per heavy atom. The molecule has 0 unspecified atom stereocenters. The third-order valence-corrected chi connectivity index (χ3v) is 6.57. The number of amides is 2. The van der Waals surface area contributed by atoms with E-state index < -0.39 is 0 Å². The maximum Gasteiger partial charge on any atom is 0.319 e. The number of likely N-dealkylation sites (tertiary alicyclic amines) is 2. The molecule has 2 aliphatic heterocycles. The van der Waals surface area contributed by atoms with Crippen LogP contribution in [0, 0.1) is 0 Å². The molecule has 4 rings (SSSR count). The van der Waals surface area contributed by atoms with E-state index in [0.717, 1.165) is 71.4 Å². The van der Waals surface area contributed by atoms with E-state index in [4.69, 9.17) is 4.74 Å². The highest BCUT2D eigenvalue weighted by Crippen LogP contribution is 2.50. The predicted octanol–water partition coefficient (Wildman–Crippen LogP) is 2.92. The van der Waals surface area contributed by atoms with Crippen LogP contribution in [0.15, 0.2) is 24.3 Å². The highest BCUT2D eigenvalue weighted by Gasteiger charge is 2.46. The summed E-state index contributed by atoms with van der Waals surface area (Å²) in [5.74, 6) is 0. The molecular weight excluding hydrogens is 326 g/mol. The Labute approximate surface area is 156 Å². The number of ether oxygens (including phenoxy) is 1. The van der Waals surface area contributed by atoms with E-state index in [0.29, 0.717) is 6.04 Å². The van der Waals surface area contributed by atoms with Gasteiger partial charge in [0.25, 0.3) is 0 Å². The van der Waals surface area contributed by atoms with E-state index >= 15 is 0 Å². The molecule has 0 aromatic heterocycles. The largest absolute Gasteiger partial charge is 0.383 e. The van der Waals surface area contributed by atoms with Gasteiger partial charge in [-0.2, -0.15) is 0 Å². The molecule has 1 aromatic rings. The lowest BCUT2D eigenvalue weighted by molar-refractivity contribution is 0.127. The van der Waals surface area contributed by atoms with Crippen LogP contribution in [-0.2, 0) is 10.2 Å². The quantitative estimate of drug-likeness (QED) is 0.843. The zero-order valence-electron chi connectivity index (χ0n) is 15.9. The van der Waals surface area contributed by atoms with Gasteiger partial charge in [0.2, 0.25) is 0 Å². The van der Waals surface area contributed by atoms with Gasteiger partial charge in [-0.05, 0) is 43.2 Å². The van der Waals surface area contributed by atoms with Crippen LogP contribution in [0.25, 0.3) is 0 Å². The van der Waals surface area contributed by atoms with Gasteiger partial charge in [-0.25, -0.2) is 4.79 Å².